The molecule has 0 unspecified atom stereocenters. The third-order valence-electron chi connectivity index (χ3n) is 5.43. The van der Waals surface area contributed by atoms with E-state index in [4.69, 9.17) is 4.42 Å². The number of hydrogen-bond donors (Lipinski definition) is 0. The standard InChI is InChI=1S/C25H18N2OS/c1-26-18-11-5-6-12-19(18)27(17-9-3-2-4-10-17)21-16-25-23(15-20(21)26)28-22-13-7-8-14-24(22)29-25/h2-16H,1H3. The highest BCUT2D eigenvalue weighted by Crippen LogP contribution is 2.34. The van der Waals surface area contributed by atoms with Gasteiger partial charge in [0.25, 0.3) is 0 Å². The average Bonchev–Trinajstić information content (AvgIpc) is 2.78. The number of aromatic nitrogens is 2. The first-order valence-corrected chi connectivity index (χ1v) is 10.4. The number of benzene rings is 4. The molecule has 6 rings (SSSR count). The van der Waals surface area contributed by atoms with Gasteiger partial charge in [0.2, 0.25) is 0 Å². The molecule has 0 N–H and O–H groups in total. The lowest BCUT2D eigenvalue weighted by atomic mass is 10.2. The third-order valence-corrected chi connectivity index (χ3v) is 6.53. The van der Waals surface area contributed by atoms with Gasteiger partial charge in [-0.2, -0.15) is 0 Å². The Balaban J connectivity index is 1.84. The zero-order valence-electron chi connectivity index (χ0n) is 15.9. The Morgan fingerprint density at radius 3 is 2.21 bits per heavy atom. The fourth-order valence-electron chi connectivity index (χ4n) is 4.05. The van der Waals surface area contributed by atoms with Gasteiger partial charge in [0.1, 0.15) is 11.2 Å². The maximum Gasteiger partial charge on any atom is 0.146 e. The summed E-state index contributed by atoms with van der Waals surface area (Å²) in [5.74, 6) is 0. The van der Waals surface area contributed by atoms with Gasteiger partial charge in [-0.15, -0.1) is 11.3 Å². The summed E-state index contributed by atoms with van der Waals surface area (Å²) >= 11 is 1.76. The van der Waals surface area contributed by atoms with Crippen LogP contribution >= 0.6 is 11.3 Å². The molecule has 4 aromatic carbocycles. The maximum atomic E-state index is 6.25. The SMILES string of the molecule is Cn1c2ccccc2n(-c2ccccc2)c2cc3sc4ccccc4oc3cc21. The summed E-state index contributed by atoms with van der Waals surface area (Å²) in [4.78, 5) is 0. The van der Waals surface area contributed by atoms with Crippen molar-refractivity contribution in [1.29, 1.82) is 0 Å². The van der Waals surface area contributed by atoms with E-state index < -0.39 is 0 Å². The van der Waals surface area contributed by atoms with E-state index in [1.807, 2.05) is 12.1 Å². The number of aryl methyl sites for hydroxylation is 1. The molecular weight excluding hydrogens is 376 g/mol. The topological polar surface area (TPSA) is 23.0 Å². The molecule has 0 saturated heterocycles. The van der Waals surface area contributed by atoms with Crippen LogP contribution in [0.2, 0.25) is 0 Å². The van der Waals surface area contributed by atoms with Gasteiger partial charge in [-0.1, -0.05) is 42.5 Å². The molecule has 2 heterocycles. The van der Waals surface area contributed by atoms with E-state index in [0.29, 0.717) is 0 Å². The van der Waals surface area contributed by atoms with Gasteiger partial charge in [-0.3, -0.25) is 0 Å². The van der Waals surface area contributed by atoms with Crippen LogP contribution in [0.1, 0.15) is 0 Å². The van der Waals surface area contributed by atoms with Crippen LogP contribution in [0.25, 0.3) is 48.3 Å². The molecule has 4 heteroatoms. The van der Waals surface area contributed by atoms with Crippen molar-refractivity contribution >= 4 is 54.0 Å². The molecule has 0 atom stereocenters. The number of para-hydroxylation sites is 4. The molecule has 140 valence electrons. The summed E-state index contributed by atoms with van der Waals surface area (Å²) in [5.41, 5.74) is 7.62. The van der Waals surface area contributed by atoms with E-state index in [0.717, 1.165) is 37.3 Å². The molecule has 0 saturated carbocycles. The van der Waals surface area contributed by atoms with Crippen molar-refractivity contribution in [2.24, 2.45) is 7.05 Å². The van der Waals surface area contributed by atoms with E-state index in [-0.39, 0.29) is 0 Å². The number of hydrogen-bond acceptors (Lipinski definition) is 2. The predicted molar refractivity (Wildman–Crippen MR) is 123 cm³/mol. The molecule has 0 fully saturated rings. The first kappa shape index (κ1) is 16.5. The number of fused-ring (bicyclic) bond motifs is 4. The van der Waals surface area contributed by atoms with E-state index >= 15 is 0 Å². The summed E-state index contributed by atoms with van der Waals surface area (Å²) in [7, 11) is 2.12. The molecule has 0 spiro atoms. The van der Waals surface area contributed by atoms with Crippen molar-refractivity contribution in [3.63, 3.8) is 0 Å². The van der Waals surface area contributed by atoms with Crippen molar-refractivity contribution < 1.29 is 4.42 Å². The minimum absolute atomic E-state index is 0.909. The molecule has 29 heavy (non-hydrogen) atoms. The lowest BCUT2D eigenvalue weighted by Crippen LogP contribution is -2.06. The van der Waals surface area contributed by atoms with Gasteiger partial charge in [-0.25, -0.2) is 0 Å². The van der Waals surface area contributed by atoms with E-state index in [1.165, 1.54) is 11.0 Å². The Morgan fingerprint density at radius 1 is 0.621 bits per heavy atom. The van der Waals surface area contributed by atoms with E-state index in [9.17, 15) is 0 Å². The summed E-state index contributed by atoms with van der Waals surface area (Å²) < 4.78 is 13.1. The predicted octanol–water partition coefficient (Wildman–Crippen LogP) is 7.21. The Kier molecular flexibility index (Phi) is 3.55. The smallest absolute Gasteiger partial charge is 0.146 e. The Labute approximate surface area is 171 Å². The molecule has 0 aliphatic carbocycles. The van der Waals surface area contributed by atoms with Crippen LogP contribution in [-0.2, 0) is 7.05 Å². The Morgan fingerprint density at radius 2 is 1.34 bits per heavy atom. The van der Waals surface area contributed by atoms with Crippen LogP contribution in [-0.4, -0.2) is 9.13 Å². The van der Waals surface area contributed by atoms with Crippen molar-refractivity contribution in [2.75, 3.05) is 0 Å². The number of nitrogens with zero attached hydrogens (tertiary/aromatic N) is 2. The molecule has 0 bridgehead atoms. The summed E-state index contributed by atoms with van der Waals surface area (Å²) in [5, 5.41) is 0. The van der Waals surface area contributed by atoms with Crippen LogP contribution in [0.15, 0.2) is 95.4 Å². The average molecular weight is 394 g/mol. The molecule has 0 aliphatic rings. The minimum Gasteiger partial charge on any atom is -0.454 e. The van der Waals surface area contributed by atoms with Gasteiger partial charge < -0.3 is 13.6 Å². The fraction of sp³-hybridized carbons (Fsp3) is 0.0400. The van der Waals surface area contributed by atoms with Crippen LogP contribution in [0.3, 0.4) is 0 Å². The zero-order chi connectivity index (χ0) is 19.4. The molecule has 0 radical (unpaired) electrons. The third kappa shape index (κ3) is 2.50. The van der Waals surface area contributed by atoms with Crippen molar-refractivity contribution in [1.82, 2.24) is 9.13 Å². The van der Waals surface area contributed by atoms with Crippen molar-refractivity contribution in [3.05, 3.63) is 91.0 Å². The van der Waals surface area contributed by atoms with Gasteiger partial charge >= 0.3 is 0 Å². The Bertz CT molecular complexity index is 1560. The molecule has 2 aromatic heterocycles. The lowest BCUT2D eigenvalue weighted by molar-refractivity contribution is 0.663. The van der Waals surface area contributed by atoms with Crippen molar-refractivity contribution in [3.8, 4) is 5.69 Å². The highest BCUT2D eigenvalue weighted by molar-refractivity contribution is 7.24. The monoisotopic (exact) mass is 394 g/mol. The normalized spacial score (nSPS) is 11.6. The summed E-state index contributed by atoms with van der Waals surface area (Å²) in [6, 6.07) is 31.7. The van der Waals surface area contributed by atoms with E-state index in [1.54, 1.807) is 11.3 Å². The van der Waals surface area contributed by atoms with Crippen LogP contribution in [0, 0.1) is 0 Å². The molecule has 6 aromatic rings. The summed E-state index contributed by atoms with van der Waals surface area (Å²) in [6.45, 7) is 0. The van der Waals surface area contributed by atoms with Gasteiger partial charge in [0.15, 0.2) is 0 Å². The second-order valence-electron chi connectivity index (χ2n) is 7.16. The first-order valence-electron chi connectivity index (χ1n) is 9.60. The molecule has 0 aliphatic heterocycles. The largest absolute Gasteiger partial charge is 0.454 e. The van der Waals surface area contributed by atoms with Gasteiger partial charge in [0, 0.05) is 18.8 Å². The fourth-order valence-corrected chi connectivity index (χ4v) is 5.02. The van der Waals surface area contributed by atoms with Crippen LogP contribution in [0.4, 0.5) is 0 Å². The maximum absolute atomic E-state index is 6.25. The first-order chi connectivity index (χ1) is 14.3. The van der Waals surface area contributed by atoms with Gasteiger partial charge in [0.05, 0.1) is 31.5 Å². The zero-order valence-corrected chi connectivity index (χ0v) is 16.7. The number of rotatable bonds is 1. The quantitative estimate of drug-likeness (QED) is 0.270. The molecule has 3 nitrogen and oxygen atoms in total. The highest BCUT2D eigenvalue weighted by atomic mass is 32.1. The molecular formula is C25H18N2OS. The molecule has 0 amide bonds. The van der Waals surface area contributed by atoms with Crippen LogP contribution < -0.4 is 0 Å². The van der Waals surface area contributed by atoms with Crippen molar-refractivity contribution in [2.45, 2.75) is 0 Å². The highest BCUT2D eigenvalue weighted by Gasteiger charge is 2.13. The van der Waals surface area contributed by atoms with Crippen LogP contribution in [0.5, 0.6) is 0 Å². The van der Waals surface area contributed by atoms with Gasteiger partial charge in [-0.05, 0) is 42.5 Å². The van der Waals surface area contributed by atoms with E-state index in [2.05, 4.69) is 95.0 Å². The summed E-state index contributed by atoms with van der Waals surface area (Å²) in [6.07, 6.45) is 0. The minimum atomic E-state index is 0.909. The second kappa shape index (κ2) is 6.26. The second-order valence-corrected chi connectivity index (χ2v) is 8.24. The lowest BCUT2D eigenvalue weighted by Gasteiger charge is -2.20. The Hall–Kier alpha value is -3.50.